The second-order valence-electron chi connectivity index (χ2n) is 7.20. The van der Waals surface area contributed by atoms with Crippen LogP contribution in [0.5, 0.6) is 5.75 Å². The van der Waals surface area contributed by atoms with Crippen molar-refractivity contribution in [2.75, 3.05) is 7.11 Å². The Morgan fingerprint density at radius 1 is 1.35 bits per heavy atom. The molecule has 1 aromatic rings. The highest BCUT2D eigenvalue weighted by Gasteiger charge is 2.33. The number of pyridine rings is 1. The van der Waals surface area contributed by atoms with E-state index in [1.54, 1.807) is 19.5 Å². The van der Waals surface area contributed by atoms with E-state index in [1.165, 1.54) is 6.92 Å². The Morgan fingerprint density at radius 3 is 2.52 bits per heavy atom. The third-order valence-electron chi connectivity index (χ3n) is 3.35. The molecule has 0 bridgehead atoms. The molecule has 0 aliphatic heterocycles. The molecule has 0 saturated carbocycles. The summed E-state index contributed by atoms with van der Waals surface area (Å²) < 4.78 is 11.5. The lowest BCUT2D eigenvalue weighted by molar-refractivity contribution is -0.121. The fourth-order valence-corrected chi connectivity index (χ4v) is 2.76. The molecule has 1 N–H and O–H groups in total. The number of hydrogen-bond acceptors (Lipinski definition) is 4. The van der Waals surface area contributed by atoms with Gasteiger partial charge in [-0.2, -0.15) is 0 Å². The summed E-state index contributed by atoms with van der Waals surface area (Å²) in [6, 6.07) is 1.75. The number of aromatic nitrogens is 1. The van der Waals surface area contributed by atoms with Gasteiger partial charge in [-0.1, -0.05) is 20.8 Å². The van der Waals surface area contributed by atoms with Gasteiger partial charge in [-0.3, -0.25) is 9.78 Å². The summed E-state index contributed by atoms with van der Waals surface area (Å²) in [6.07, 6.45) is 4.03. The van der Waals surface area contributed by atoms with Crippen molar-refractivity contribution in [2.45, 2.75) is 64.6 Å². The quantitative estimate of drug-likeness (QED) is 0.778. The number of rotatable bonds is 7. The molecule has 1 amide bonds. The summed E-state index contributed by atoms with van der Waals surface area (Å²) in [7, 11) is 1.97. The van der Waals surface area contributed by atoms with Crippen LogP contribution in [0, 0.1) is 0 Å². The van der Waals surface area contributed by atoms with Gasteiger partial charge in [0.2, 0.25) is 15.7 Å². The fourth-order valence-electron chi connectivity index (χ4n) is 2.05. The molecular formula is C17H28N2O3Si. The van der Waals surface area contributed by atoms with Crippen LogP contribution >= 0.6 is 0 Å². The van der Waals surface area contributed by atoms with Crippen molar-refractivity contribution in [2.24, 2.45) is 0 Å². The smallest absolute Gasteiger partial charge is 0.236 e. The van der Waals surface area contributed by atoms with E-state index in [4.69, 9.17) is 9.16 Å². The molecule has 1 rings (SSSR count). The first-order valence-corrected chi connectivity index (χ1v) is 8.65. The van der Waals surface area contributed by atoms with Gasteiger partial charge in [0.1, 0.15) is 5.75 Å². The van der Waals surface area contributed by atoms with Crippen molar-refractivity contribution >= 4 is 15.7 Å². The Morgan fingerprint density at radius 2 is 2.00 bits per heavy atom. The average Bonchev–Trinajstić information content (AvgIpc) is 2.44. The van der Waals surface area contributed by atoms with Crippen LogP contribution in [0.15, 0.2) is 18.5 Å². The molecule has 0 aromatic carbocycles. The van der Waals surface area contributed by atoms with E-state index in [9.17, 15) is 4.79 Å². The average molecular weight is 337 g/mol. The third kappa shape index (κ3) is 6.70. The normalized spacial score (nSPS) is 13.5. The van der Waals surface area contributed by atoms with E-state index in [0.717, 1.165) is 11.3 Å². The van der Waals surface area contributed by atoms with E-state index in [2.05, 4.69) is 31.1 Å². The van der Waals surface area contributed by atoms with Crippen LogP contribution < -0.4 is 10.1 Å². The molecule has 1 heterocycles. The first kappa shape index (κ1) is 19.6. The molecular weight excluding hydrogens is 308 g/mol. The van der Waals surface area contributed by atoms with Gasteiger partial charge in [0.05, 0.1) is 24.9 Å². The minimum absolute atomic E-state index is 0.0706. The van der Waals surface area contributed by atoms with Crippen LogP contribution in [0.25, 0.3) is 0 Å². The summed E-state index contributed by atoms with van der Waals surface area (Å²) in [5, 5.41) is 3.11. The zero-order valence-corrected chi connectivity index (χ0v) is 16.2. The second-order valence-corrected chi connectivity index (χ2v) is 9.11. The Hall–Kier alpha value is -1.40. The van der Waals surface area contributed by atoms with E-state index in [-0.39, 0.29) is 17.0 Å². The minimum Gasteiger partial charge on any atom is -0.495 e. The van der Waals surface area contributed by atoms with Crippen LogP contribution in [-0.2, 0) is 15.6 Å². The van der Waals surface area contributed by atoms with Gasteiger partial charge < -0.3 is 14.5 Å². The molecule has 0 fully saturated rings. The van der Waals surface area contributed by atoms with Crippen LogP contribution in [0.3, 0.4) is 0 Å². The summed E-state index contributed by atoms with van der Waals surface area (Å²) in [4.78, 5) is 15.7. The first-order chi connectivity index (χ1) is 10.5. The first-order valence-electron chi connectivity index (χ1n) is 7.74. The Labute approximate surface area is 142 Å². The van der Waals surface area contributed by atoms with E-state index in [0.29, 0.717) is 16.2 Å². The second kappa shape index (κ2) is 7.92. The molecule has 128 valence electrons. The maximum Gasteiger partial charge on any atom is 0.236 e. The summed E-state index contributed by atoms with van der Waals surface area (Å²) in [6.45, 7) is 12.0. The van der Waals surface area contributed by atoms with Gasteiger partial charge in [-0.05, 0) is 36.9 Å². The van der Waals surface area contributed by atoms with Crippen molar-refractivity contribution in [3.05, 3.63) is 24.0 Å². The van der Waals surface area contributed by atoms with Gasteiger partial charge in [-0.25, -0.2) is 0 Å². The summed E-state index contributed by atoms with van der Waals surface area (Å²) >= 11 is 0. The van der Waals surface area contributed by atoms with Gasteiger partial charge in [0.25, 0.3) is 0 Å². The highest BCUT2D eigenvalue weighted by atomic mass is 28.2. The topological polar surface area (TPSA) is 60.5 Å². The van der Waals surface area contributed by atoms with Crippen molar-refractivity contribution < 1.29 is 14.0 Å². The zero-order valence-electron chi connectivity index (χ0n) is 15.2. The zero-order chi connectivity index (χ0) is 17.7. The molecule has 0 saturated heterocycles. The predicted molar refractivity (Wildman–Crippen MR) is 92.7 cm³/mol. The Balaban J connectivity index is 2.96. The Bertz CT molecular complexity index is 527. The molecule has 6 heteroatoms. The van der Waals surface area contributed by atoms with E-state index >= 15 is 0 Å². The molecule has 1 unspecified atom stereocenters. The van der Waals surface area contributed by atoms with Crippen LogP contribution in [0.1, 0.15) is 47.1 Å². The Kier molecular flexibility index (Phi) is 6.77. The van der Waals surface area contributed by atoms with Crippen LogP contribution in [-0.4, -0.2) is 39.4 Å². The largest absolute Gasteiger partial charge is 0.495 e. The minimum atomic E-state index is -0.494. The van der Waals surface area contributed by atoms with Crippen molar-refractivity contribution in [3.8, 4) is 5.75 Å². The SMILES string of the molecule is COc1cnccc1CC(NC(C)=O)C(C)(C)O[Si]C(C)(C)C. The van der Waals surface area contributed by atoms with Crippen molar-refractivity contribution in [1.29, 1.82) is 0 Å². The molecule has 5 nitrogen and oxygen atoms in total. The molecule has 0 aliphatic rings. The van der Waals surface area contributed by atoms with Gasteiger partial charge >= 0.3 is 0 Å². The molecule has 23 heavy (non-hydrogen) atoms. The third-order valence-corrected chi connectivity index (χ3v) is 4.59. The highest BCUT2D eigenvalue weighted by Crippen LogP contribution is 2.27. The lowest BCUT2D eigenvalue weighted by Crippen LogP contribution is -2.52. The monoisotopic (exact) mass is 336 g/mol. The maximum atomic E-state index is 11.6. The van der Waals surface area contributed by atoms with Gasteiger partial charge in [0, 0.05) is 13.1 Å². The molecule has 2 radical (unpaired) electrons. The number of carbonyl (C=O) groups excluding carboxylic acids is 1. The van der Waals surface area contributed by atoms with Gasteiger partial charge in [0.15, 0.2) is 0 Å². The number of carbonyl (C=O) groups is 1. The molecule has 0 aliphatic carbocycles. The lowest BCUT2D eigenvalue weighted by atomic mass is 9.92. The molecule has 0 spiro atoms. The molecule has 1 atom stereocenters. The number of amides is 1. The number of ether oxygens (including phenoxy) is 1. The standard InChI is InChI=1S/C17H28N2O3Si/c1-12(20)19-15(17(5,6)22-23-16(2,3)4)10-13-8-9-18-11-14(13)21-7/h8-9,11,15H,10H2,1-7H3,(H,19,20). The lowest BCUT2D eigenvalue weighted by Gasteiger charge is -2.37. The summed E-state index contributed by atoms with van der Waals surface area (Å²) in [5.74, 6) is 0.649. The summed E-state index contributed by atoms with van der Waals surface area (Å²) in [5.41, 5.74) is 0.503. The highest BCUT2D eigenvalue weighted by molar-refractivity contribution is 6.31. The predicted octanol–water partition coefficient (Wildman–Crippen LogP) is 2.77. The number of nitrogens with one attached hydrogen (secondary N) is 1. The van der Waals surface area contributed by atoms with E-state index in [1.807, 2.05) is 19.9 Å². The maximum absolute atomic E-state index is 11.6. The molecule has 1 aromatic heterocycles. The number of nitrogens with zero attached hydrogens (tertiary/aromatic N) is 1. The van der Waals surface area contributed by atoms with Crippen molar-refractivity contribution in [1.82, 2.24) is 10.3 Å². The van der Waals surface area contributed by atoms with E-state index < -0.39 is 5.60 Å². The van der Waals surface area contributed by atoms with Crippen LogP contribution in [0.4, 0.5) is 0 Å². The number of methoxy groups -OCH3 is 1. The fraction of sp³-hybridized carbons (Fsp3) is 0.647. The van der Waals surface area contributed by atoms with Crippen molar-refractivity contribution in [3.63, 3.8) is 0 Å². The number of hydrogen-bond donors (Lipinski definition) is 1. The van der Waals surface area contributed by atoms with Gasteiger partial charge in [-0.15, -0.1) is 0 Å². The van der Waals surface area contributed by atoms with Crippen LogP contribution in [0.2, 0.25) is 5.04 Å².